The van der Waals surface area contributed by atoms with Crippen LogP contribution in [-0.4, -0.2) is 13.6 Å². The number of rotatable bonds is 3. The van der Waals surface area contributed by atoms with Crippen molar-refractivity contribution < 1.29 is 0 Å². The lowest BCUT2D eigenvalue weighted by Gasteiger charge is -2.28. The number of nitriles is 1. The molecule has 0 spiro atoms. The Morgan fingerprint density at radius 1 is 1.32 bits per heavy atom. The number of hydrogen-bond acceptors (Lipinski definition) is 2. The zero-order chi connectivity index (χ0) is 13.4. The summed E-state index contributed by atoms with van der Waals surface area (Å²) in [4.78, 5) is 2.37. The van der Waals surface area contributed by atoms with Crippen LogP contribution in [0.15, 0.2) is 18.2 Å². The number of hydrogen-bond donors (Lipinski definition) is 0. The maximum atomic E-state index is 8.99. The summed E-state index contributed by atoms with van der Waals surface area (Å²) >= 11 is 0. The van der Waals surface area contributed by atoms with Crippen molar-refractivity contribution in [3.63, 3.8) is 0 Å². The minimum absolute atomic E-state index is 0.789. The van der Waals surface area contributed by atoms with Gasteiger partial charge in [0.15, 0.2) is 0 Å². The second-order valence-electron chi connectivity index (χ2n) is 6.43. The van der Waals surface area contributed by atoms with Crippen molar-refractivity contribution in [2.24, 2.45) is 17.8 Å². The normalized spacial score (nSPS) is 28.4. The molecule has 2 aliphatic rings. The van der Waals surface area contributed by atoms with E-state index in [0.29, 0.717) is 0 Å². The van der Waals surface area contributed by atoms with E-state index in [9.17, 15) is 0 Å². The summed E-state index contributed by atoms with van der Waals surface area (Å²) in [5, 5.41) is 8.99. The fraction of sp³-hybridized carbons (Fsp3) is 0.588. The van der Waals surface area contributed by atoms with Crippen LogP contribution >= 0.6 is 0 Å². The molecule has 0 N–H and O–H groups in total. The van der Waals surface area contributed by atoms with E-state index in [1.54, 1.807) is 0 Å². The zero-order valence-corrected chi connectivity index (χ0v) is 11.9. The van der Waals surface area contributed by atoms with E-state index in [2.05, 4.69) is 30.1 Å². The minimum Gasteiger partial charge on any atom is -0.374 e. The molecule has 2 aliphatic carbocycles. The van der Waals surface area contributed by atoms with Crippen molar-refractivity contribution in [3.8, 4) is 6.07 Å². The van der Waals surface area contributed by atoms with Gasteiger partial charge in [-0.05, 0) is 67.7 Å². The van der Waals surface area contributed by atoms with Crippen LogP contribution in [0, 0.1) is 36.0 Å². The summed E-state index contributed by atoms with van der Waals surface area (Å²) in [6, 6.07) is 8.41. The Hall–Kier alpha value is -1.49. The molecule has 0 radical (unpaired) electrons. The van der Waals surface area contributed by atoms with Gasteiger partial charge < -0.3 is 4.90 Å². The molecular formula is C17H22N2. The lowest BCUT2D eigenvalue weighted by molar-refractivity contribution is 0.337. The minimum atomic E-state index is 0.789. The summed E-state index contributed by atoms with van der Waals surface area (Å²) in [6.07, 6.45) is 5.84. The van der Waals surface area contributed by atoms with Gasteiger partial charge in [-0.2, -0.15) is 5.26 Å². The number of fused-ring (bicyclic) bond motifs is 2. The molecule has 2 saturated carbocycles. The van der Waals surface area contributed by atoms with Gasteiger partial charge >= 0.3 is 0 Å². The predicted molar refractivity (Wildman–Crippen MR) is 78.1 cm³/mol. The van der Waals surface area contributed by atoms with Gasteiger partial charge in [0.05, 0.1) is 11.6 Å². The van der Waals surface area contributed by atoms with Crippen molar-refractivity contribution >= 4 is 5.69 Å². The Morgan fingerprint density at radius 3 is 2.74 bits per heavy atom. The molecule has 100 valence electrons. The molecule has 0 saturated heterocycles. The Bertz CT molecular complexity index is 514. The van der Waals surface area contributed by atoms with Gasteiger partial charge in [0.25, 0.3) is 0 Å². The number of anilines is 1. The Labute approximate surface area is 116 Å². The summed E-state index contributed by atoms with van der Waals surface area (Å²) in [5.41, 5.74) is 3.12. The lowest BCUT2D eigenvalue weighted by Crippen LogP contribution is -2.28. The highest BCUT2D eigenvalue weighted by Gasteiger charge is 2.39. The molecule has 0 aliphatic heterocycles. The summed E-state index contributed by atoms with van der Waals surface area (Å²) in [6.45, 7) is 3.19. The van der Waals surface area contributed by atoms with Gasteiger partial charge in [-0.1, -0.05) is 6.42 Å². The van der Waals surface area contributed by atoms with Crippen molar-refractivity contribution in [2.75, 3.05) is 18.5 Å². The Balaban J connectivity index is 1.69. The highest BCUT2D eigenvalue weighted by atomic mass is 15.1. The number of aryl methyl sites for hydroxylation is 1. The van der Waals surface area contributed by atoms with E-state index < -0.39 is 0 Å². The first-order valence-corrected chi connectivity index (χ1v) is 7.39. The van der Waals surface area contributed by atoms with Crippen LogP contribution in [0.25, 0.3) is 0 Å². The molecule has 3 rings (SSSR count). The molecule has 2 bridgehead atoms. The third-order valence-corrected chi connectivity index (χ3v) is 5.16. The lowest BCUT2D eigenvalue weighted by atomic mass is 9.88. The first-order valence-electron chi connectivity index (χ1n) is 7.39. The third-order valence-electron chi connectivity index (χ3n) is 5.16. The molecule has 2 fully saturated rings. The standard InChI is InChI=1S/C17H22N2/c1-12-7-17(6-5-15(12)10-18)19(2)11-16-9-13-3-4-14(16)8-13/h5-7,13-14,16H,3-4,8-9,11H2,1-2H3. The second kappa shape index (κ2) is 4.89. The highest BCUT2D eigenvalue weighted by molar-refractivity contribution is 5.53. The van der Waals surface area contributed by atoms with E-state index in [-0.39, 0.29) is 0 Å². The average molecular weight is 254 g/mol. The topological polar surface area (TPSA) is 27.0 Å². The molecule has 0 heterocycles. The predicted octanol–water partition coefficient (Wildman–Crippen LogP) is 3.74. The van der Waals surface area contributed by atoms with Crippen molar-refractivity contribution in [3.05, 3.63) is 29.3 Å². The monoisotopic (exact) mass is 254 g/mol. The maximum Gasteiger partial charge on any atom is 0.0994 e. The highest BCUT2D eigenvalue weighted by Crippen LogP contribution is 2.48. The summed E-state index contributed by atoms with van der Waals surface area (Å²) in [5.74, 6) is 2.89. The molecule has 19 heavy (non-hydrogen) atoms. The largest absolute Gasteiger partial charge is 0.374 e. The van der Waals surface area contributed by atoms with E-state index in [1.807, 2.05) is 13.0 Å². The van der Waals surface area contributed by atoms with Gasteiger partial charge in [-0.25, -0.2) is 0 Å². The molecule has 0 aromatic heterocycles. The van der Waals surface area contributed by atoms with Crippen LogP contribution in [-0.2, 0) is 0 Å². The van der Waals surface area contributed by atoms with Crippen molar-refractivity contribution in [2.45, 2.75) is 32.6 Å². The number of nitrogens with zero attached hydrogens (tertiary/aromatic N) is 2. The van der Waals surface area contributed by atoms with Crippen LogP contribution in [0.5, 0.6) is 0 Å². The summed E-state index contributed by atoms with van der Waals surface area (Å²) < 4.78 is 0. The first kappa shape index (κ1) is 12.5. The molecule has 3 unspecified atom stereocenters. The molecule has 3 atom stereocenters. The van der Waals surface area contributed by atoms with Crippen LogP contribution in [0.1, 0.15) is 36.8 Å². The van der Waals surface area contributed by atoms with Crippen LogP contribution < -0.4 is 4.90 Å². The van der Waals surface area contributed by atoms with Gasteiger partial charge in [0, 0.05) is 19.3 Å². The molecular weight excluding hydrogens is 232 g/mol. The number of benzene rings is 1. The van der Waals surface area contributed by atoms with Gasteiger partial charge in [-0.3, -0.25) is 0 Å². The second-order valence-corrected chi connectivity index (χ2v) is 6.43. The molecule has 2 heteroatoms. The fourth-order valence-corrected chi connectivity index (χ4v) is 4.07. The average Bonchev–Trinajstić information content (AvgIpc) is 3.00. The maximum absolute atomic E-state index is 8.99. The Morgan fingerprint density at radius 2 is 2.16 bits per heavy atom. The summed E-state index contributed by atoms with van der Waals surface area (Å²) in [7, 11) is 2.19. The SMILES string of the molecule is Cc1cc(N(C)CC2CC3CCC2C3)ccc1C#N. The quantitative estimate of drug-likeness (QED) is 0.821. The van der Waals surface area contributed by atoms with E-state index in [4.69, 9.17) is 5.26 Å². The van der Waals surface area contributed by atoms with Crippen LogP contribution in [0.4, 0.5) is 5.69 Å². The fourth-order valence-electron chi connectivity index (χ4n) is 4.07. The van der Waals surface area contributed by atoms with E-state index >= 15 is 0 Å². The van der Waals surface area contributed by atoms with E-state index in [0.717, 1.165) is 28.9 Å². The van der Waals surface area contributed by atoms with Crippen LogP contribution in [0.3, 0.4) is 0 Å². The molecule has 1 aromatic carbocycles. The van der Waals surface area contributed by atoms with Crippen molar-refractivity contribution in [1.82, 2.24) is 0 Å². The zero-order valence-electron chi connectivity index (χ0n) is 11.9. The van der Waals surface area contributed by atoms with Gasteiger partial charge in [0.1, 0.15) is 0 Å². The van der Waals surface area contributed by atoms with Crippen molar-refractivity contribution in [1.29, 1.82) is 5.26 Å². The van der Waals surface area contributed by atoms with Gasteiger partial charge in [-0.15, -0.1) is 0 Å². The molecule has 1 aromatic rings. The Kier molecular flexibility index (Phi) is 3.22. The molecule has 2 nitrogen and oxygen atoms in total. The van der Waals surface area contributed by atoms with Gasteiger partial charge in [0.2, 0.25) is 0 Å². The van der Waals surface area contributed by atoms with Crippen LogP contribution in [0.2, 0.25) is 0 Å². The first-order chi connectivity index (χ1) is 9.17. The van der Waals surface area contributed by atoms with E-state index in [1.165, 1.54) is 37.9 Å². The third kappa shape index (κ3) is 2.34. The molecule has 0 amide bonds. The smallest absolute Gasteiger partial charge is 0.0994 e.